The van der Waals surface area contributed by atoms with Crippen LogP contribution >= 0.6 is 0 Å². The van der Waals surface area contributed by atoms with Gasteiger partial charge in [0.05, 0.1) is 19.3 Å². The summed E-state index contributed by atoms with van der Waals surface area (Å²) < 4.78 is 55.1. The molecule has 0 bridgehead atoms. The lowest BCUT2D eigenvalue weighted by molar-refractivity contribution is 0.0321. The smallest absolute Gasteiger partial charge is 0.201 e. The van der Waals surface area contributed by atoms with E-state index in [-0.39, 0.29) is 29.2 Å². The van der Waals surface area contributed by atoms with Crippen molar-refractivity contribution in [1.29, 1.82) is 0 Å². The fourth-order valence-electron chi connectivity index (χ4n) is 4.28. The van der Waals surface area contributed by atoms with E-state index in [0.717, 1.165) is 36.8 Å². The van der Waals surface area contributed by atoms with Crippen molar-refractivity contribution >= 4 is 0 Å². The van der Waals surface area contributed by atoms with E-state index in [1.807, 2.05) is 19.1 Å². The summed E-state index contributed by atoms with van der Waals surface area (Å²) in [5.74, 6) is -2.24. The number of ether oxygens (including phenoxy) is 2. The SMILES string of the molecule is C=CC1CCC(c2ccc(-c3ccc(-c4ccc(OCCCC)c(F)c4F)cc3)cc2F)CO1. The fourth-order valence-corrected chi connectivity index (χ4v) is 4.28. The highest BCUT2D eigenvalue weighted by atomic mass is 19.2. The first kappa shape index (κ1) is 24.1. The van der Waals surface area contributed by atoms with Crippen molar-refractivity contribution in [2.75, 3.05) is 13.2 Å². The van der Waals surface area contributed by atoms with Gasteiger partial charge in [0.1, 0.15) is 5.82 Å². The third-order valence-corrected chi connectivity index (χ3v) is 6.35. The van der Waals surface area contributed by atoms with Crippen LogP contribution in [0.1, 0.15) is 44.1 Å². The predicted octanol–water partition coefficient (Wildman–Crippen LogP) is 8.07. The van der Waals surface area contributed by atoms with Gasteiger partial charge in [0.25, 0.3) is 0 Å². The van der Waals surface area contributed by atoms with Gasteiger partial charge in [0.15, 0.2) is 11.6 Å². The zero-order valence-corrected chi connectivity index (χ0v) is 19.3. The lowest BCUT2D eigenvalue weighted by Gasteiger charge is -2.27. The second-order valence-corrected chi connectivity index (χ2v) is 8.64. The van der Waals surface area contributed by atoms with E-state index in [9.17, 15) is 13.2 Å². The fraction of sp³-hybridized carbons (Fsp3) is 0.310. The normalized spacial score (nSPS) is 18.0. The Morgan fingerprint density at radius 3 is 2.32 bits per heavy atom. The third kappa shape index (κ3) is 5.20. The Morgan fingerprint density at radius 1 is 0.941 bits per heavy atom. The largest absolute Gasteiger partial charge is 0.490 e. The van der Waals surface area contributed by atoms with Crippen LogP contribution in [0.2, 0.25) is 0 Å². The summed E-state index contributed by atoms with van der Waals surface area (Å²) in [5.41, 5.74) is 2.86. The molecule has 0 aliphatic carbocycles. The summed E-state index contributed by atoms with van der Waals surface area (Å²) in [5, 5.41) is 0. The minimum atomic E-state index is -0.985. The highest BCUT2D eigenvalue weighted by molar-refractivity contribution is 5.71. The highest BCUT2D eigenvalue weighted by Crippen LogP contribution is 2.34. The van der Waals surface area contributed by atoms with Crippen molar-refractivity contribution in [1.82, 2.24) is 0 Å². The topological polar surface area (TPSA) is 18.5 Å². The Labute approximate surface area is 199 Å². The van der Waals surface area contributed by atoms with Gasteiger partial charge in [-0.3, -0.25) is 0 Å². The van der Waals surface area contributed by atoms with E-state index in [1.54, 1.807) is 30.3 Å². The Morgan fingerprint density at radius 2 is 1.68 bits per heavy atom. The zero-order chi connectivity index (χ0) is 24.1. The molecule has 3 aromatic carbocycles. The van der Waals surface area contributed by atoms with Crippen molar-refractivity contribution < 1.29 is 22.6 Å². The molecule has 1 aliphatic rings. The number of rotatable bonds is 8. The number of hydrogen-bond donors (Lipinski definition) is 0. The maximum Gasteiger partial charge on any atom is 0.201 e. The first-order chi connectivity index (χ1) is 16.5. The molecule has 178 valence electrons. The average Bonchev–Trinajstić information content (AvgIpc) is 2.87. The molecule has 3 aromatic rings. The molecule has 34 heavy (non-hydrogen) atoms. The quantitative estimate of drug-likeness (QED) is 0.247. The molecule has 0 spiro atoms. The molecule has 4 rings (SSSR count). The Bertz CT molecular complexity index is 1130. The van der Waals surface area contributed by atoms with Crippen molar-refractivity contribution in [3.05, 3.63) is 90.3 Å². The monoisotopic (exact) mass is 466 g/mol. The van der Waals surface area contributed by atoms with Crippen LogP contribution in [0.4, 0.5) is 13.2 Å². The molecule has 1 saturated heterocycles. The highest BCUT2D eigenvalue weighted by Gasteiger charge is 2.23. The van der Waals surface area contributed by atoms with Gasteiger partial charge in [-0.1, -0.05) is 55.8 Å². The summed E-state index contributed by atoms with van der Waals surface area (Å²) in [6.45, 7) is 6.58. The molecule has 5 heteroatoms. The summed E-state index contributed by atoms with van der Waals surface area (Å²) >= 11 is 0. The molecular weight excluding hydrogens is 437 g/mol. The van der Waals surface area contributed by atoms with Crippen LogP contribution in [0, 0.1) is 17.5 Å². The molecule has 0 amide bonds. The number of hydrogen-bond acceptors (Lipinski definition) is 2. The predicted molar refractivity (Wildman–Crippen MR) is 130 cm³/mol. The molecule has 0 saturated carbocycles. The summed E-state index contributed by atoms with van der Waals surface area (Å²) in [6, 6.07) is 15.2. The van der Waals surface area contributed by atoms with Crippen LogP contribution in [-0.4, -0.2) is 19.3 Å². The van der Waals surface area contributed by atoms with Gasteiger partial charge in [-0.15, -0.1) is 6.58 Å². The number of unbranched alkanes of at least 4 members (excludes halogenated alkanes) is 1. The first-order valence-corrected chi connectivity index (χ1v) is 11.8. The first-order valence-electron chi connectivity index (χ1n) is 11.8. The van der Waals surface area contributed by atoms with Gasteiger partial charge in [-0.25, -0.2) is 8.78 Å². The average molecular weight is 467 g/mol. The van der Waals surface area contributed by atoms with E-state index in [0.29, 0.717) is 24.3 Å². The molecule has 1 heterocycles. The van der Waals surface area contributed by atoms with Crippen molar-refractivity contribution in [3.8, 4) is 28.0 Å². The van der Waals surface area contributed by atoms with Crippen LogP contribution < -0.4 is 4.74 Å². The number of benzene rings is 3. The van der Waals surface area contributed by atoms with Crippen LogP contribution in [0.25, 0.3) is 22.3 Å². The molecule has 0 radical (unpaired) electrons. The summed E-state index contributed by atoms with van der Waals surface area (Å²) in [4.78, 5) is 0. The van der Waals surface area contributed by atoms with Crippen LogP contribution in [-0.2, 0) is 4.74 Å². The molecule has 1 aliphatic heterocycles. The van der Waals surface area contributed by atoms with Gasteiger partial charge >= 0.3 is 0 Å². The van der Waals surface area contributed by atoms with Gasteiger partial charge in [-0.05, 0) is 59.7 Å². The van der Waals surface area contributed by atoms with Gasteiger partial charge in [-0.2, -0.15) is 4.39 Å². The van der Waals surface area contributed by atoms with Gasteiger partial charge < -0.3 is 9.47 Å². The molecule has 1 fully saturated rings. The molecule has 2 atom stereocenters. The Balaban J connectivity index is 1.50. The molecule has 0 aromatic heterocycles. The van der Waals surface area contributed by atoms with E-state index in [4.69, 9.17) is 9.47 Å². The lowest BCUT2D eigenvalue weighted by Crippen LogP contribution is -2.23. The zero-order valence-electron chi connectivity index (χ0n) is 19.3. The summed E-state index contributed by atoms with van der Waals surface area (Å²) in [7, 11) is 0. The van der Waals surface area contributed by atoms with Crippen molar-refractivity contribution in [2.24, 2.45) is 0 Å². The number of halogens is 3. The second-order valence-electron chi connectivity index (χ2n) is 8.64. The van der Waals surface area contributed by atoms with Gasteiger partial charge in [0, 0.05) is 11.5 Å². The van der Waals surface area contributed by atoms with Crippen LogP contribution in [0.15, 0.2) is 67.3 Å². The molecule has 2 unspecified atom stereocenters. The standard InChI is InChI=1S/C29H29F3O2/c1-3-5-16-33-27-15-14-25(28(31)29(27)32)20-8-6-19(7-9-20)21-11-13-24(26(30)17-21)22-10-12-23(4-2)34-18-22/h4,6-9,11,13-15,17,22-23H,2-3,5,10,12,16,18H2,1H3. The van der Waals surface area contributed by atoms with Crippen LogP contribution in [0.5, 0.6) is 5.75 Å². The summed E-state index contributed by atoms with van der Waals surface area (Å²) in [6.07, 6.45) is 5.20. The lowest BCUT2D eigenvalue weighted by atomic mass is 9.89. The van der Waals surface area contributed by atoms with E-state index in [1.165, 1.54) is 18.2 Å². The Hall–Kier alpha value is -3.05. The van der Waals surface area contributed by atoms with E-state index in [2.05, 4.69) is 6.58 Å². The van der Waals surface area contributed by atoms with Crippen molar-refractivity contribution in [2.45, 2.75) is 44.6 Å². The second kappa shape index (κ2) is 10.9. The molecule has 0 N–H and O–H groups in total. The van der Waals surface area contributed by atoms with Crippen molar-refractivity contribution in [3.63, 3.8) is 0 Å². The van der Waals surface area contributed by atoms with E-state index < -0.39 is 11.6 Å². The molecular formula is C29H29F3O2. The maximum absolute atomic E-state index is 14.9. The minimum absolute atomic E-state index is 0.0272. The van der Waals surface area contributed by atoms with Crippen LogP contribution in [0.3, 0.4) is 0 Å². The Kier molecular flexibility index (Phi) is 7.73. The minimum Gasteiger partial charge on any atom is -0.490 e. The maximum atomic E-state index is 14.9. The third-order valence-electron chi connectivity index (χ3n) is 6.35. The van der Waals surface area contributed by atoms with E-state index >= 15 is 0 Å². The molecule has 2 nitrogen and oxygen atoms in total. The van der Waals surface area contributed by atoms with Gasteiger partial charge in [0.2, 0.25) is 5.82 Å².